The second-order valence-corrected chi connectivity index (χ2v) is 11.4. The first-order valence-corrected chi connectivity index (χ1v) is 14.4. The number of benzene rings is 4. The predicted octanol–water partition coefficient (Wildman–Crippen LogP) is 6.40. The van der Waals surface area contributed by atoms with Gasteiger partial charge in [-0.05, 0) is 60.5 Å². The molecule has 0 spiro atoms. The molecule has 6 rings (SSSR count). The van der Waals surface area contributed by atoms with Crippen LogP contribution in [0.15, 0.2) is 125 Å². The van der Waals surface area contributed by atoms with Crippen LogP contribution in [0, 0.1) is 6.92 Å². The number of sulfonamides is 1. The molecule has 0 saturated carbocycles. The van der Waals surface area contributed by atoms with E-state index in [0.717, 1.165) is 28.1 Å². The highest BCUT2D eigenvalue weighted by Crippen LogP contribution is 2.41. The maximum absolute atomic E-state index is 14.2. The molecule has 0 aliphatic carbocycles. The zero-order chi connectivity index (χ0) is 27.7. The fraction of sp³-hybridized carbons (Fsp3) is 0.125. The lowest BCUT2D eigenvalue weighted by molar-refractivity contribution is 0.372. The van der Waals surface area contributed by atoms with E-state index in [1.807, 2.05) is 102 Å². The molecule has 200 valence electrons. The monoisotopic (exact) mass is 548 g/mol. The summed E-state index contributed by atoms with van der Waals surface area (Å²) in [7, 11) is -2.38. The third kappa shape index (κ3) is 4.67. The SMILES string of the molecule is COc1ccc(C2=NN(S(=O)(=O)c3ccccc3C)[C@H](c3cn(-c4ccccc4)nc3-c3ccccc3)C2)cc1. The van der Waals surface area contributed by atoms with Gasteiger partial charge in [0, 0.05) is 23.7 Å². The summed E-state index contributed by atoms with van der Waals surface area (Å²) < 4.78 is 36.8. The average Bonchev–Trinajstić information content (AvgIpc) is 3.64. The summed E-state index contributed by atoms with van der Waals surface area (Å²) in [6.45, 7) is 1.80. The number of hydrazone groups is 1. The first-order valence-electron chi connectivity index (χ1n) is 13.0. The summed E-state index contributed by atoms with van der Waals surface area (Å²) in [5, 5.41) is 9.71. The van der Waals surface area contributed by atoms with E-state index in [2.05, 4.69) is 0 Å². The van der Waals surface area contributed by atoms with Gasteiger partial charge in [-0.2, -0.15) is 23.0 Å². The molecule has 0 bridgehead atoms. The molecule has 0 saturated heterocycles. The number of aromatic nitrogens is 2. The van der Waals surface area contributed by atoms with Crippen LogP contribution >= 0.6 is 0 Å². The summed E-state index contributed by atoms with van der Waals surface area (Å²) in [6, 6.07) is 33.6. The molecule has 1 aromatic heterocycles. The van der Waals surface area contributed by atoms with Gasteiger partial charge in [0.15, 0.2) is 0 Å². The van der Waals surface area contributed by atoms with Crippen LogP contribution in [-0.2, 0) is 10.0 Å². The molecule has 1 aliphatic heterocycles. The normalized spacial score (nSPS) is 15.2. The molecule has 7 nitrogen and oxygen atoms in total. The molecule has 0 amide bonds. The Morgan fingerprint density at radius 3 is 2.12 bits per heavy atom. The van der Waals surface area contributed by atoms with Gasteiger partial charge in [-0.15, -0.1) is 0 Å². The number of para-hydroxylation sites is 1. The predicted molar refractivity (Wildman–Crippen MR) is 156 cm³/mol. The van der Waals surface area contributed by atoms with E-state index >= 15 is 0 Å². The molecule has 1 aliphatic rings. The van der Waals surface area contributed by atoms with E-state index < -0.39 is 16.1 Å². The van der Waals surface area contributed by atoms with Crippen molar-refractivity contribution in [1.29, 1.82) is 0 Å². The van der Waals surface area contributed by atoms with Crippen LogP contribution in [0.3, 0.4) is 0 Å². The molecule has 8 heteroatoms. The van der Waals surface area contributed by atoms with Crippen molar-refractivity contribution >= 4 is 15.7 Å². The highest BCUT2D eigenvalue weighted by atomic mass is 32.2. The Bertz CT molecular complexity index is 1780. The number of ether oxygens (including phenoxy) is 1. The topological polar surface area (TPSA) is 76.8 Å². The summed E-state index contributed by atoms with van der Waals surface area (Å²) >= 11 is 0. The van der Waals surface area contributed by atoms with E-state index in [4.69, 9.17) is 14.9 Å². The van der Waals surface area contributed by atoms with Crippen molar-refractivity contribution in [2.75, 3.05) is 7.11 Å². The lowest BCUT2D eigenvalue weighted by Crippen LogP contribution is -2.28. The Balaban J connectivity index is 1.53. The molecule has 0 radical (unpaired) electrons. The van der Waals surface area contributed by atoms with Crippen molar-refractivity contribution in [2.45, 2.75) is 24.3 Å². The molecular formula is C32H28N4O3S. The van der Waals surface area contributed by atoms with Crippen molar-refractivity contribution < 1.29 is 13.2 Å². The van der Waals surface area contributed by atoms with Crippen molar-refractivity contribution in [3.63, 3.8) is 0 Å². The van der Waals surface area contributed by atoms with Crippen LogP contribution < -0.4 is 4.74 Å². The molecular weight excluding hydrogens is 520 g/mol. The van der Waals surface area contributed by atoms with E-state index in [1.54, 1.807) is 32.2 Å². The number of rotatable bonds is 7. The zero-order valence-corrected chi connectivity index (χ0v) is 23.0. The Morgan fingerprint density at radius 2 is 1.45 bits per heavy atom. The van der Waals surface area contributed by atoms with Gasteiger partial charge in [-0.25, -0.2) is 4.68 Å². The van der Waals surface area contributed by atoms with Crippen LogP contribution in [0.5, 0.6) is 5.75 Å². The maximum Gasteiger partial charge on any atom is 0.279 e. The standard InChI is InChI=1S/C32H28N4O3S/c1-23-11-9-10-16-31(23)40(37,38)36-30(21-29(33-36)24-17-19-27(39-2)20-18-24)28-22-35(26-14-7-4-8-15-26)34-32(28)25-12-5-3-6-13-25/h3-20,22,30H,21H2,1-2H3/t30-/m0/s1. The fourth-order valence-corrected chi connectivity index (χ4v) is 6.67. The first kappa shape index (κ1) is 25.6. The molecule has 2 heterocycles. The lowest BCUT2D eigenvalue weighted by atomic mass is 9.97. The molecule has 4 aromatic carbocycles. The molecule has 0 unspecified atom stereocenters. The van der Waals surface area contributed by atoms with Gasteiger partial charge in [-0.1, -0.05) is 66.7 Å². The number of aryl methyl sites for hydroxylation is 1. The van der Waals surface area contributed by atoms with Gasteiger partial charge in [0.2, 0.25) is 0 Å². The third-order valence-electron chi connectivity index (χ3n) is 7.08. The number of nitrogens with zero attached hydrogens (tertiary/aromatic N) is 4. The van der Waals surface area contributed by atoms with Gasteiger partial charge >= 0.3 is 0 Å². The second-order valence-electron chi connectivity index (χ2n) is 9.62. The van der Waals surface area contributed by atoms with Crippen LogP contribution in [0.1, 0.15) is 29.2 Å². The fourth-order valence-electron chi connectivity index (χ4n) is 5.01. The van der Waals surface area contributed by atoms with Crippen molar-refractivity contribution in [3.8, 4) is 22.7 Å². The number of hydrogen-bond acceptors (Lipinski definition) is 5. The minimum atomic E-state index is -3.99. The number of methoxy groups -OCH3 is 1. The minimum Gasteiger partial charge on any atom is -0.497 e. The zero-order valence-electron chi connectivity index (χ0n) is 22.2. The highest BCUT2D eigenvalue weighted by Gasteiger charge is 2.40. The Morgan fingerprint density at radius 1 is 0.800 bits per heavy atom. The van der Waals surface area contributed by atoms with E-state index in [1.165, 1.54) is 4.41 Å². The summed E-state index contributed by atoms with van der Waals surface area (Å²) in [6.07, 6.45) is 2.31. The quantitative estimate of drug-likeness (QED) is 0.236. The van der Waals surface area contributed by atoms with Gasteiger partial charge in [0.1, 0.15) is 5.75 Å². The lowest BCUT2D eigenvalue weighted by Gasteiger charge is -2.24. The summed E-state index contributed by atoms with van der Waals surface area (Å²) in [5.74, 6) is 0.721. The Labute approximate surface area is 234 Å². The van der Waals surface area contributed by atoms with E-state index in [0.29, 0.717) is 23.4 Å². The van der Waals surface area contributed by atoms with Crippen molar-refractivity contribution in [2.24, 2.45) is 5.10 Å². The molecule has 0 fully saturated rings. The Hall–Kier alpha value is -4.69. The minimum absolute atomic E-state index is 0.233. The van der Waals surface area contributed by atoms with Crippen LogP contribution in [0.4, 0.5) is 0 Å². The van der Waals surface area contributed by atoms with Gasteiger partial charge < -0.3 is 4.74 Å². The average molecular weight is 549 g/mol. The first-order chi connectivity index (χ1) is 19.5. The van der Waals surface area contributed by atoms with Crippen LogP contribution in [-0.4, -0.2) is 35.4 Å². The second kappa shape index (κ2) is 10.5. The van der Waals surface area contributed by atoms with Crippen molar-refractivity contribution in [3.05, 3.63) is 132 Å². The van der Waals surface area contributed by atoms with Crippen LogP contribution in [0.25, 0.3) is 16.9 Å². The highest BCUT2D eigenvalue weighted by molar-refractivity contribution is 7.89. The van der Waals surface area contributed by atoms with Gasteiger partial charge in [0.05, 0.1) is 35.1 Å². The summed E-state index contributed by atoms with van der Waals surface area (Å²) in [5.41, 5.74) is 5.45. The van der Waals surface area contributed by atoms with Gasteiger partial charge in [0.25, 0.3) is 10.0 Å². The van der Waals surface area contributed by atoms with Crippen molar-refractivity contribution in [1.82, 2.24) is 14.2 Å². The van der Waals surface area contributed by atoms with Crippen LogP contribution in [0.2, 0.25) is 0 Å². The maximum atomic E-state index is 14.2. The van der Waals surface area contributed by atoms with Gasteiger partial charge in [-0.3, -0.25) is 0 Å². The van der Waals surface area contributed by atoms with E-state index in [9.17, 15) is 8.42 Å². The molecule has 5 aromatic rings. The molecule has 40 heavy (non-hydrogen) atoms. The number of hydrogen-bond donors (Lipinski definition) is 0. The molecule has 1 atom stereocenters. The Kier molecular flexibility index (Phi) is 6.69. The molecule has 0 N–H and O–H groups in total. The summed E-state index contributed by atoms with van der Waals surface area (Å²) in [4.78, 5) is 0.233. The smallest absolute Gasteiger partial charge is 0.279 e. The van der Waals surface area contributed by atoms with E-state index in [-0.39, 0.29) is 4.90 Å². The largest absolute Gasteiger partial charge is 0.497 e. The third-order valence-corrected chi connectivity index (χ3v) is 8.93.